The first-order valence-electron chi connectivity index (χ1n) is 16.7. The Hall–Kier alpha value is -6.67. The smallest absolute Gasteiger partial charge is 0.281 e. The summed E-state index contributed by atoms with van der Waals surface area (Å²) in [6, 6.07) is 28.1. The van der Waals surface area contributed by atoms with Gasteiger partial charge >= 0.3 is 0 Å². The molecule has 8 rings (SSSR count). The van der Waals surface area contributed by atoms with Crippen LogP contribution in [0.15, 0.2) is 125 Å². The molecule has 4 aromatic carbocycles. The summed E-state index contributed by atoms with van der Waals surface area (Å²) in [5.74, 6) is 11.1. The van der Waals surface area contributed by atoms with Crippen molar-refractivity contribution in [1.29, 1.82) is 0 Å². The van der Waals surface area contributed by atoms with E-state index in [1.165, 1.54) is 80.9 Å². The highest BCUT2D eigenvalue weighted by atomic mass is 32.1. The van der Waals surface area contributed by atoms with Crippen molar-refractivity contribution in [3.63, 3.8) is 0 Å². The van der Waals surface area contributed by atoms with Gasteiger partial charge in [-0.25, -0.2) is 33.1 Å². The molecular weight excluding hydrogens is 742 g/mol. The third-order valence-electron chi connectivity index (χ3n) is 8.04. The minimum absolute atomic E-state index is 0.225. The van der Waals surface area contributed by atoms with E-state index in [0.717, 1.165) is 22.3 Å². The maximum absolute atomic E-state index is 13.0. The minimum atomic E-state index is -0.326. The predicted octanol–water partition coefficient (Wildman–Crippen LogP) is 7.41. The van der Waals surface area contributed by atoms with E-state index in [-0.39, 0.29) is 40.6 Å². The molecule has 0 aliphatic rings. The molecule has 0 radical (unpaired) electrons. The number of thiazole rings is 2. The number of nitrogens with zero attached hydrogens (tertiary/aromatic N) is 6. The Morgan fingerprint density at radius 1 is 0.509 bits per heavy atom. The summed E-state index contributed by atoms with van der Waals surface area (Å²) in [6.45, 7) is 0.597. The Morgan fingerprint density at radius 2 is 0.891 bits per heavy atom. The van der Waals surface area contributed by atoms with Crippen LogP contribution in [0.25, 0.3) is 20.7 Å². The molecule has 0 spiro atoms. The second-order valence-electron chi connectivity index (χ2n) is 12.0. The maximum atomic E-state index is 13.0. The molecule has 0 N–H and O–H groups in total. The zero-order valence-corrected chi connectivity index (χ0v) is 30.4. The number of benzene rings is 4. The van der Waals surface area contributed by atoms with Crippen molar-refractivity contribution in [1.82, 2.24) is 29.1 Å². The van der Waals surface area contributed by atoms with Gasteiger partial charge in [-0.3, -0.25) is 18.7 Å². The summed E-state index contributed by atoms with van der Waals surface area (Å²) in [5.41, 5.74) is 3.72. The molecule has 0 aliphatic heterocycles. The lowest BCUT2D eigenvalue weighted by Crippen LogP contribution is -2.21. The standard InChI is InChI=1S/C21H13F2N3OS.C21H14FN3OS/c22-16-8-4-14(5-9-16)2-1-3-18-25-19-20(28-18)24-13-26(21(19)27)12-15-6-10-17(23)11-7-15;22-17-11-9-16(10-12-17)13-25-14-23-20-19(21(25)26)24-18(27-20)8-4-7-15-5-2-1-3-6-15/h4-11,13H,2,12H2;1-3,5-6,9-12,14H,7,13H2. The lowest BCUT2D eigenvalue weighted by atomic mass is 10.1. The summed E-state index contributed by atoms with van der Waals surface area (Å²) in [7, 11) is 0. The van der Waals surface area contributed by atoms with Crippen molar-refractivity contribution in [2.75, 3.05) is 0 Å². The highest BCUT2D eigenvalue weighted by Gasteiger charge is 2.12. The van der Waals surface area contributed by atoms with Crippen molar-refractivity contribution in [3.8, 4) is 23.7 Å². The Morgan fingerprint density at radius 3 is 1.31 bits per heavy atom. The third kappa shape index (κ3) is 9.47. The van der Waals surface area contributed by atoms with Crippen LogP contribution in [0.3, 0.4) is 0 Å². The molecule has 8 aromatic rings. The molecule has 0 atom stereocenters. The summed E-state index contributed by atoms with van der Waals surface area (Å²) in [4.78, 5) is 43.7. The highest BCUT2D eigenvalue weighted by molar-refractivity contribution is 7.18. The molecule has 0 unspecified atom stereocenters. The van der Waals surface area contributed by atoms with E-state index in [1.54, 1.807) is 36.4 Å². The molecule has 0 saturated carbocycles. The summed E-state index contributed by atoms with van der Waals surface area (Å²) in [5, 5.41) is 1.08. The number of hydrogen-bond acceptors (Lipinski definition) is 8. The van der Waals surface area contributed by atoms with Crippen LogP contribution in [0.1, 0.15) is 32.3 Å². The SMILES string of the molecule is O=c1c2nc(C#CCc3ccc(F)cc3)sc2ncn1Cc1ccc(F)cc1.O=c1c2nc(C#CCc3ccccc3)sc2ncn1Cc1ccc(F)cc1. The molecule has 0 saturated heterocycles. The van der Waals surface area contributed by atoms with Gasteiger partial charge in [0.05, 0.1) is 25.7 Å². The average Bonchev–Trinajstić information content (AvgIpc) is 3.82. The van der Waals surface area contributed by atoms with E-state index in [4.69, 9.17) is 0 Å². The Kier molecular flexibility index (Phi) is 11.3. The van der Waals surface area contributed by atoms with E-state index in [0.29, 0.717) is 44.6 Å². The van der Waals surface area contributed by atoms with Crippen molar-refractivity contribution < 1.29 is 13.2 Å². The van der Waals surface area contributed by atoms with Gasteiger partial charge in [0.2, 0.25) is 0 Å². The van der Waals surface area contributed by atoms with E-state index < -0.39 is 0 Å². The number of aromatic nitrogens is 6. The van der Waals surface area contributed by atoms with Crippen molar-refractivity contribution >= 4 is 43.4 Å². The van der Waals surface area contributed by atoms with Crippen LogP contribution in [-0.4, -0.2) is 29.1 Å². The zero-order chi connectivity index (χ0) is 38.1. The first-order chi connectivity index (χ1) is 26.8. The minimum Gasteiger partial charge on any atom is -0.293 e. The molecule has 13 heteroatoms. The second kappa shape index (κ2) is 17.0. The van der Waals surface area contributed by atoms with Crippen molar-refractivity contribution in [2.24, 2.45) is 0 Å². The predicted molar refractivity (Wildman–Crippen MR) is 208 cm³/mol. The van der Waals surface area contributed by atoms with Gasteiger partial charge in [0, 0.05) is 12.8 Å². The van der Waals surface area contributed by atoms with Crippen molar-refractivity contribution in [2.45, 2.75) is 25.9 Å². The van der Waals surface area contributed by atoms with Crippen LogP contribution in [-0.2, 0) is 25.9 Å². The normalized spacial score (nSPS) is 10.6. The Labute approximate surface area is 320 Å². The van der Waals surface area contributed by atoms with Gasteiger partial charge in [-0.1, -0.05) is 101 Å². The first-order valence-corrected chi connectivity index (χ1v) is 18.4. The summed E-state index contributed by atoms with van der Waals surface area (Å²) in [6.07, 6.45) is 4.03. The van der Waals surface area contributed by atoms with Crippen LogP contribution in [0.4, 0.5) is 13.2 Å². The van der Waals surface area contributed by atoms with Gasteiger partial charge in [0.15, 0.2) is 30.7 Å². The Balaban J connectivity index is 0.000000169. The van der Waals surface area contributed by atoms with Gasteiger partial charge < -0.3 is 0 Å². The molecule has 0 fully saturated rings. The molecular formula is C42H27F3N6O2S2. The van der Waals surface area contributed by atoms with Gasteiger partial charge in [0.25, 0.3) is 11.1 Å². The molecule has 8 nitrogen and oxygen atoms in total. The number of halogens is 3. The van der Waals surface area contributed by atoms with Gasteiger partial charge in [-0.2, -0.15) is 0 Å². The fourth-order valence-corrected chi connectivity index (χ4v) is 6.79. The van der Waals surface area contributed by atoms with Gasteiger partial charge in [0.1, 0.15) is 17.5 Å². The number of hydrogen-bond donors (Lipinski definition) is 0. The zero-order valence-electron chi connectivity index (χ0n) is 28.7. The van der Waals surface area contributed by atoms with Crippen LogP contribution >= 0.6 is 22.7 Å². The molecule has 4 aromatic heterocycles. The molecule has 0 amide bonds. The molecule has 0 bridgehead atoms. The number of fused-ring (bicyclic) bond motifs is 2. The quantitative estimate of drug-likeness (QED) is 0.164. The second-order valence-corrected chi connectivity index (χ2v) is 14.0. The van der Waals surface area contributed by atoms with Gasteiger partial charge in [-0.05, 0) is 70.5 Å². The molecule has 0 aliphatic carbocycles. The largest absolute Gasteiger partial charge is 0.293 e. The fraction of sp³-hybridized carbons (Fsp3) is 0.0952. The lowest BCUT2D eigenvalue weighted by molar-refractivity contribution is 0.625. The molecule has 55 heavy (non-hydrogen) atoms. The maximum Gasteiger partial charge on any atom is 0.281 e. The average molecular weight is 769 g/mol. The van der Waals surface area contributed by atoms with Crippen LogP contribution in [0.5, 0.6) is 0 Å². The topological polar surface area (TPSA) is 95.6 Å². The third-order valence-corrected chi connectivity index (χ3v) is 9.80. The fourth-order valence-electron chi connectivity index (χ4n) is 5.25. The lowest BCUT2D eigenvalue weighted by Gasteiger charge is -2.04. The van der Waals surface area contributed by atoms with Crippen LogP contribution < -0.4 is 11.1 Å². The highest BCUT2D eigenvalue weighted by Crippen LogP contribution is 2.18. The number of rotatable bonds is 6. The van der Waals surface area contributed by atoms with Crippen LogP contribution in [0, 0.1) is 41.1 Å². The van der Waals surface area contributed by atoms with Crippen molar-refractivity contribution in [3.05, 3.63) is 186 Å². The van der Waals surface area contributed by atoms with Gasteiger partial charge in [-0.15, -0.1) is 0 Å². The van der Waals surface area contributed by atoms with E-state index >= 15 is 0 Å². The molecule has 270 valence electrons. The monoisotopic (exact) mass is 768 g/mol. The summed E-state index contributed by atoms with van der Waals surface area (Å²) < 4.78 is 41.9. The van der Waals surface area contributed by atoms with E-state index in [2.05, 4.69) is 43.6 Å². The first kappa shape index (κ1) is 36.7. The Bertz CT molecular complexity index is 2850. The summed E-state index contributed by atoms with van der Waals surface area (Å²) >= 11 is 2.55. The van der Waals surface area contributed by atoms with E-state index in [1.807, 2.05) is 30.3 Å². The van der Waals surface area contributed by atoms with E-state index in [9.17, 15) is 22.8 Å². The van der Waals surface area contributed by atoms with Crippen LogP contribution in [0.2, 0.25) is 0 Å². The molecule has 4 heterocycles.